The molecule has 0 unspecified atom stereocenters. The van der Waals surface area contributed by atoms with Crippen LogP contribution in [0.25, 0.3) is 10.4 Å². The summed E-state index contributed by atoms with van der Waals surface area (Å²) >= 11 is 0. The van der Waals surface area contributed by atoms with Gasteiger partial charge in [-0.25, -0.2) is 0 Å². The second-order valence-electron chi connectivity index (χ2n) is 1.88. The lowest BCUT2D eigenvalue weighted by Crippen LogP contribution is -1.95. The lowest BCUT2D eigenvalue weighted by molar-refractivity contribution is 0.711. The van der Waals surface area contributed by atoms with Crippen LogP contribution in [0.4, 0.5) is 0 Å². The van der Waals surface area contributed by atoms with Gasteiger partial charge < -0.3 is 4.57 Å². The largest absolute Gasteiger partial charge is 0.354 e. The van der Waals surface area contributed by atoms with Crippen molar-refractivity contribution < 1.29 is 0 Å². The highest BCUT2D eigenvalue weighted by atomic mass is 15.1. The molecule has 4 heteroatoms. The number of azide groups is 1. The van der Waals surface area contributed by atoms with Gasteiger partial charge in [-0.1, -0.05) is 5.11 Å². The first-order valence-corrected chi connectivity index (χ1v) is 3.05. The van der Waals surface area contributed by atoms with Gasteiger partial charge in [0.25, 0.3) is 0 Å². The van der Waals surface area contributed by atoms with Gasteiger partial charge >= 0.3 is 0 Å². The van der Waals surface area contributed by atoms with E-state index < -0.39 is 0 Å². The van der Waals surface area contributed by atoms with Gasteiger partial charge in [0, 0.05) is 30.4 Å². The summed E-state index contributed by atoms with van der Waals surface area (Å²) in [5, 5.41) is 3.41. The zero-order chi connectivity index (χ0) is 7.23. The molecule has 1 rings (SSSR count). The van der Waals surface area contributed by atoms with Gasteiger partial charge in [0.2, 0.25) is 0 Å². The quantitative estimate of drug-likeness (QED) is 0.345. The Morgan fingerprint density at radius 3 is 2.70 bits per heavy atom. The highest BCUT2D eigenvalue weighted by molar-refractivity contribution is 4.90. The third-order valence-corrected chi connectivity index (χ3v) is 1.19. The molecule has 0 N–H and O–H groups in total. The smallest absolute Gasteiger partial charge is 0.0437 e. The van der Waals surface area contributed by atoms with E-state index in [1.807, 2.05) is 29.1 Å². The van der Waals surface area contributed by atoms with Crippen molar-refractivity contribution in [2.24, 2.45) is 5.11 Å². The fourth-order valence-corrected chi connectivity index (χ4v) is 0.724. The van der Waals surface area contributed by atoms with E-state index in [1.54, 1.807) is 0 Å². The van der Waals surface area contributed by atoms with Crippen molar-refractivity contribution >= 4 is 0 Å². The van der Waals surface area contributed by atoms with Gasteiger partial charge in [-0.3, -0.25) is 0 Å². The number of hydrogen-bond acceptors (Lipinski definition) is 1. The standard InChI is InChI=1S/C6H8N4/c7-9-8-3-6-10-4-1-2-5-10/h1-2,4-5H,3,6H2. The first-order valence-electron chi connectivity index (χ1n) is 3.05. The molecule has 1 aromatic rings. The van der Waals surface area contributed by atoms with E-state index in [0.29, 0.717) is 6.54 Å². The van der Waals surface area contributed by atoms with Crippen LogP contribution in [-0.4, -0.2) is 11.1 Å². The van der Waals surface area contributed by atoms with E-state index in [1.165, 1.54) is 0 Å². The maximum Gasteiger partial charge on any atom is 0.0437 e. The van der Waals surface area contributed by atoms with Crippen molar-refractivity contribution in [3.8, 4) is 0 Å². The van der Waals surface area contributed by atoms with Crippen LogP contribution in [0.3, 0.4) is 0 Å². The molecular weight excluding hydrogens is 128 g/mol. The van der Waals surface area contributed by atoms with Crippen molar-refractivity contribution in [1.29, 1.82) is 0 Å². The lowest BCUT2D eigenvalue weighted by Gasteiger charge is -1.95. The Kier molecular flexibility index (Phi) is 2.40. The molecule has 0 atom stereocenters. The Hall–Kier alpha value is -1.41. The highest BCUT2D eigenvalue weighted by Gasteiger charge is 1.83. The second-order valence-corrected chi connectivity index (χ2v) is 1.88. The molecule has 0 aliphatic heterocycles. The minimum atomic E-state index is 0.519. The van der Waals surface area contributed by atoms with Crippen molar-refractivity contribution in [3.63, 3.8) is 0 Å². The molecule has 0 saturated heterocycles. The van der Waals surface area contributed by atoms with Crippen molar-refractivity contribution in [2.75, 3.05) is 6.54 Å². The molecule has 0 bridgehead atoms. The predicted molar refractivity (Wildman–Crippen MR) is 38.4 cm³/mol. The average molecular weight is 136 g/mol. The van der Waals surface area contributed by atoms with Gasteiger partial charge in [0.05, 0.1) is 0 Å². The maximum absolute atomic E-state index is 7.94. The summed E-state index contributed by atoms with van der Waals surface area (Å²) < 4.78 is 1.97. The zero-order valence-electron chi connectivity index (χ0n) is 5.51. The van der Waals surface area contributed by atoms with E-state index in [4.69, 9.17) is 5.53 Å². The summed E-state index contributed by atoms with van der Waals surface area (Å²) in [5.74, 6) is 0. The fraction of sp³-hybridized carbons (Fsp3) is 0.333. The highest BCUT2D eigenvalue weighted by Crippen LogP contribution is 1.89. The summed E-state index contributed by atoms with van der Waals surface area (Å²) in [6.07, 6.45) is 3.87. The summed E-state index contributed by atoms with van der Waals surface area (Å²) in [5.41, 5.74) is 7.94. The fourth-order valence-electron chi connectivity index (χ4n) is 0.724. The SMILES string of the molecule is [N-]=[N+]=NCCn1cccc1. The Balaban J connectivity index is 2.34. The van der Waals surface area contributed by atoms with E-state index in [9.17, 15) is 0 Å². The molecular formula is C6H8N4. The molecule has 0 aliphatic rings. The first-order chi connectivity index (χ1) is 4.93. The number of aromatic nitrogens is 1. The van der Waals surface area contributed by atoms with E-state index in [-0.39, 0.29) is 0 Å². The van der Waals surface area contributed by atoms with E-state index >= 15 is 0 Å². The van der Waals surface area contributed by atoms with Crippen LogP contribution in [0.15, 0.2) is 29.6 Å². The molecule has 52 valence electrons. The Morgan fingerprint density at radius 1 is 1.40 bits per heavy atom. The second kappa shape index (κ2) is 3.58. The number of hydrogen-bond donors (Lipinski definition) is 0. The minimum Gasteiger partial charge on any atom is -0.354 e. The van der Waals surface area contributed by atoms with Crippen LogP contribution in [0, 0.1) is 0 Å². The third-order valence-electron chi connectivity index (χ3n) is 1.19. The average Bonchev–Trinajstić information content (AvgIpc) is 2.41. The predicted octanol–water partition coefficient (Wildman–Crippen LogP) is 1.80. The summed E-state index contributed by atoms with van der Waals surface area (Å²) in [4.78, 5) is 2.65. The zero-order valence-corrected chi connectivity index (χ0v) is 5.51. The van der Waals surface area contributed by atoms with Crippen LogP contribution in [-0.2, 0) is 6.54 Å². The molecule has 0 aliphatic carbocycles. The molecule has 0 aromatic carbocycles. The Labute approximate surface area is 58.7 Å². The summed E-state index contributed by atoms with van der Waals surface area (Å²) in [6, 6.07) is 3.88. The molecule has 1 heterocycles. The van der Waals surface area contributed by atoms with Crippen molar-refractivity contribution in [2.45, 2.75) is 6.54 Å². The maximum atomic E-state index is 7.94. The van der Waals surface area contributed by atoms with Crippen LogP contribution in [0.5, 0.6) is 0 Å². The van der Waals surface area contributed by atoms with E-state index in [2.05, 4.69) is 10.0 Å². The van der Waals surface area contributed by atoms with Crippen LogP contribution in [0.1, 0.15) is 0 Å². The summed E-state index contributed by atoms with van der Waals surface area (Å²) in [6.45, 7) is 1.28. The van der Waals surface area contributed by atoms with Crippen LogP contribution >= 0.6 is 0 Å². The molecule has 0 fully saturated rings. The van der Waals surface area contributed by atoms with Crippen molar-refractivity contribution in [3.05, 3.63) is 35.0 Å². The molecule has 0 spiro atoms. The molecule has 10 heavy (non-hydrogen) atoms. The van der Waals surface area contributed by atoms with Gasteiger partial charge in [0.15, 0.2) is 0 Å². The molecule has 0 saturated carbocycles. The van der Waals surface area contributed by atoms with Gasteiger partial charge in [-0.05, 0) is 17.7 Å². The normalized spacial score (nSPS) is 8.80. The van der Waals surface area contributed by atoms with Crippen LogP contribution in [0.2, 0.25) is 0 Å². The van der Waals surface area contributed by atoms with Crippen molar-refractivity contribution in [1.82, 2.24) is 4.57 Å². The van der Waals surface area contributed by atoms with Gasteiger partial charge in [-0.2, -0.15) is 0 Å². The van der Waals surface area contributed by atoms with Gasteiger partial charge in [-0.15, -0.1) is 0 Å². The Bertz CT molecular complexity index is 220. The molecule has 1 aromatic heterocycles. The Morgan fingerprint density at radius 2 is 2.10 bits per heavy atom. The summed E-state index contributed by atoms with van der Waals surface area (Å²) in [7, 11) is 0. The van der Waals surface area contributed by atoms with E-state index in [0.717, 1.165) is 6.54 Å². The number of nitrogens with zero attached hydrogens (tertiary/aromatic N) is 4. The topological polar surface area (TPSA) is 53.7 Å². The lowest BCUT2D eigenvalue weighted by atomic mass is 10.6. The molecule has 0 radical (unpaired) electrons. The third kappa shape index (κ3) is 1.84. The van der Waals surface area contributed by atoms with Gasteiger partial charge in [0.1, 0.15) is 0 Å². The first kappa shape index (κ1) is 6.71. The van der Waals surface area contributed by atoms with Crippen LogP contribution < -0.4 is 0 Å². The monoisotopic (exact) mass is 136 g/mol. The molecule has 4 nitrogen and oxygen atoms in total. The number of rotatable bonds is 3. The minimum absolute atomic E-state index is 0.519. The molecule has 0 amide bonds.